The fourth-order valence-corrected chi connectivity index (χ4v) is 3.22. The fraction of sp³-hybridized carbons (Fsp3) is 0.185. The van der Waals surface area contributed by atoms with E-state index in [0.717, 1.165) is 11.1 Å². The van der Waals surface area contributed by atoms with Gasteiger partial charge in [0.2, 0.25) is 11.8 Å². The quantitative estimate of drug-likeness (QED) is 0.168. The van der Waals surface area contributed by atoms with Gasteiger partial charge in [0.15, 0.2) is 5.82 Å². The summed E-state index contributed by atoms with van der Waals surface area (Å²) < 4.78 is 0. The maximum absolute atomic E-state index is 12.0. The first kappa shape index (κ1) is 26.4. The van der Waals surface area contributed by atoms with Gasteiger partial charge in [-0.05, 0) is 29.8 Å². The average Bonchev–Trinajstić information content (AvgIpc) is 2.88. The lowest BCUT2D eigenvalue weighted by atomic mass is 10.2. The first-order valence-electron chi connectivity index (χ1n) is 11.5. The third-order valence-electron chi connectivity index (χ3n) is 4.81. The number of allylic oxidation sites excluding steroid dienone is 2. The minimum atomic E-state index is -0.181. The van der Waals surface area contributed by atoms with Crippen LogP contribution in [0.3, 0.4) is 0 Å². The van der Waals surface area contributed by atoms with Crippen LogP contribution in [0.4, 0.5) is 11.6 Å². The van der Waals surface area contributed by atoms with Crippen molar-refractivity contribution in [2.75, 3.05) is 36.8 Å². The molecule has 0 aliphatic heterocycles. The van der Waals surface area contributed by atoms with Gasteiger partial charge in [0.25, 0.3) is 0 Å². The van der Waals surface area contributed by atoms with Crippen molar-refractivity contribution in [3.63, 3.8) is 0 Å². The normalized spacial score (nSPS) is 10.9. The van der Waals surface area contributed by atoms with Gasteiger partial charge in [-0.1, -0.05) is 60.2 Å². The van der Waals surface area contributed by atoms with E-state index in [2.05, 4.69) is 31.2 Å². The molecule has 0 aliphatic carbocycles. The predicted octanol–water partition coefficient (Wildman–Crippen LogP) is 4.14. The molecule has 0 saturated heterocycles. The molecule has 3 aromatic rings. The van der Waals surface area contributed by atoms with Gasteiger partial charge in [-0.15, -0.1) is 0 Å². The average molecular weight is 505 g/mol. The van der Waals surface area contributed by atoms with Crippen LogP contribution in [0, 0.1) is 0 Å². The highest BCUT2D eigenvalue weighted by Crippen LogP contribution is 2.22. The summed E-state index contributed by atoms with van der Waals surface area (Å²) in [7, 11) is 0. The minimum absolute atomic E-state index is 0.0900. The number of hydrogen-bond donors (Lipinski definition) is 4. The first-order chi connectivity index (χ1) is 17.5. The summed E-state index contributed by atoms with van der Waals surface area (Å²) in [6.07, 6.45) is 6.95. The molecule has 4 N–H and O–H groups in total. The number of halogens is 1. The molecule has 2 aromatic carbocycles. The lowest BCUT2D eigenvalue weighted by Gasteiger charge is -2.12. The summed E-state index contributed by atoms with van der Waals surface area (Å²) in [5.74, 6) is 1.47. The van der Waals surface area contributed by atoms with Crippen LogP contribution in [0.5, 0.6) is 0 Å². The number of rotatable bonds is 12. The molecule has 8 nitrogen and oxygen atoms in total. The molecule has 0 spiro atoms. The number of benzene rings is 2. The number of hydrogen-bond acceptors (Lipinski definition) is 6. The summed E-state index contributed by atoms with van der Waals surface area (Å²) >= 11 is 6.01. The number of carbonyl (C=O) groups excluding carboxylic acids is 2. The highest BCUT2D eigenvalue weighted by Gasteiger charge is 2.08. The SMILES string of the molecule is CC(=O)NCCNc1cc(NCCNC(=O)/C=C/C=C/c2ccccc2)nc(-c2ccc(Cl)cc2)n1. The molecule has 2 amide bonds. The van der Waals surface area contributed by atoms with Crippen LogP contribution < -0.4 is 21.3 Å². The third-order valence-corrected chi connectivity index (χ3v) is 5.06. The maximum Gasteiger partial charge on any atom is 0.244 e. The summed E-state index contributed by atoms with van der Waals surface area (Å²) in [6.45, 7) is 3.34. The fourth-order valence-electron chi connectivity index (χ4n) is 3.09. The second-order valence-electron chi connectivity index (χ2n) is 7.73. The summed E-state index contributed by atoms with van der Waals surface area (Å²) in [5.41, 5.74) is 1.88. The van der Waals surface area contributed by atoms with Crippen molar-refractivity contribution >= 4 is 41.1 Å². The molecule has 0 fully saturated rings. The van der Waals surface area contributed by atoms with Crippen molar-refractivity contribution in [3.05, 3.63) is 89.5 Å². The van der Waals surface area contributed by atoms with Crippen LogP contribution >= 0.6 is 11.6 Å². The molecule has 0 unspecified atom stereocenters. The third kappa shape index (κ3) is 9.60. The van der Waals surface area contributed by atoms with Crippen molar-refractivity contribution in [1.29, 1.82) is 0 Å². The number of aromatic nitrogens is 2. The van der Waals surface area contributed by atoms with Crippen LogP contribution in [0.2, 0.25) is 5.02 Å². The Morgan fingerprint density at radius 2 is 1.47 bits per heavy atom. The largest absolute Gasteiger partial charge is 0.368 e. The second kappa shape index (κ2) is 14.3. The monoisotopic (exact) mass is 504 g/mol. The van der Waals surface area contributed by atoms with Crippen molar-refractivity contribution in [2.24, 2.45) is 0 Å². The predicted molar refractivity (Wildman–Crippen MR) is 146 cm³/mol. The molecule has 0 atom stereocenters. The van der Waals surface area contributed by atoms with Crippen molar-refractivity contribution in [3.8, 4) is 11.4 Å². The number of anilines is 2. The van der Waals surface area contributed by atoms with Crippen LogP contribution in [0.15, 0.2) is 78.9 Å². The lowest BCUT2D eigenvalue weighted by Crippen LogP contribution is -2.27. The van der Waals surface area contributed by atoms with Gasteiger partial charge in [0.05, 0.1) is 0 Å². The van der Waals surface area contributed by atoms with E-state index in [1.807, 2.05) is 54.6 Å². The zero-order valence-electron chi connectivity index (χ0n) is 20.0. The van der Waals surface area contributed by atoms with E-state index in [1.165, 1.54) is 13.0 Å². The lowest BCUT2D eigenvalue weighted by molar-refractivity contribution is -0.119. The highest BCUT2D eigenvalue weighted by molar-refractivity contribution is 6.30. The van der Waals surface area contributed by atoms with Crippen LogP contribution in [-0.2, 0) is 9.59 Å². The number of carbonyl (C=O) groups is 2. The number of amides is 2. The molecule has 0 aliphatic rings. The van der Waals surface area contributed by atoms with Crippen molar-refractivity contribution in [2.45, 2.75) is 6.92 Å². The molecule has 186 valence electrons. The van der Waals surface area contributed by atoms with Gasteiger partial charge in [-0.25, -0.2) is 9.97 Å². The molecule has 0 saturated carbocycles. The van der Waals surface area contributed by atoms with Crippen LogP contribution in [-0.4, -0.2) is 48.0 Å². The Morgan fingerprint density at radius 1 is 0.833 bits per heavy atom. The van der Waals surface area contributed by atoms with E-state index in [9.17, 15) is 9.59 Å². The minimum Gasteiger partial charge on any atom is -0.368 e. The van der Waals surface area contributed by atoms with Gasteiger partial charge >= 0.3 is 0 Å². The Kier molecular flexibility index (Phi) is 10.5. The standard InChI is InChI=1S/C27H29ClN6O2/c1-20(35)29-15-16-30-24-19-25(34-27(33-24)22-11-13-23(28)14-12-22)31-17-18-32-26(36)10-6-5-9-21-7-3-2-4-8-21/h2-14,19H,15-18H2,1H3,(H,29,35)(H,32,36)(H2,30,31,33,34)/b9-5+,10-6+. The maximum atomic E-state index is 12.0. The van der Waals surface area contributed by atoms with Gasteiger partial charge in [0.1, 0.15) is 11.6 Å². The Balaban J connectivity index is 1.54. The number of nitrogens with one attached hydrogen (secondary N) is 4. The van der Waals surface area contributed by atoms with E-state index in [-0.39, 0.29) is 11.8 Å². The molecular formula is C27H29ClN6O2. The topological polar surface area (TPSA) is 108 Å². The van der Waals surface area contributed by atoms with E-state index in [4.69, 9.17) is 11.6 Å². The number of nitrogens with zero attached hydrogens (tertiary/aromatic N) is 2. The van der Waals surface area contributed by atoms with Gasteiger partial charge in [-0.2, -0.15) is 0 Å². The molecule has 9 heteroatoms. The molecule has 0 bridgehead atoms. The highest BCUT2D eigenvalue weighted by atomic mass is 35.5. The van der Waals surface area contributed by atoms with E-state index >= 15 is 0 Å². The molecule has 36 heavy (non-hydrogen) atoms. The molecule has 3 rings (SSSR count). The second-order valence-corrected chi connectivity index (χ2v) is 8.16. The Morgan fingerprint density at radius 3 is 2.11 bits per heavy atom. The smallest absolute Gasteiger partial charge is 0.244 e. The van der Waals surface area contributed by atoms with Gasteiger partial charge in [-0.3, -0.25) is 9.59 Å². The van der Waals surface area contributed by atoms with E-state index < -0.39 is 0 Å². The van der Waals surface area contributed by atoms with E-state index in [1.54, 1.807) is 24.3 Å². The Labute approximate surface area is 215 Å². The van der Waals surface area contributed by atoms with Gasteiger partial charge in [0, 0.05) is 55.8 Å². The molecular weight excluding hydrogens is 476 g/mol. The Hall–Kier alpha value is -4.17. The molecule has 1 aromatic heterocycles. The summed E-state index contributed by atoms with van der Waals surface area (Å²) in [5, 5.41) is 12.6. The molecule has 1 heterocycles. The summed E-state index contributed by atoms with van der Waals surface area (Å²) in [6, 6.07) is 18.9. The van der Waals surface area contributed by atoms with Crippen molar-refractivity contribution in [1.82, 2.24) is 20.6 Å². The van der Waals surface area contributed by atoms with Gasteiger partial charge < -0.3 is 21.3 Å². The Bertz CT molecular complexity index is 1200. The van der Waals surface area contributed by atoms with E-state index in [0.29, 0.717) is 48.7 Å². The summed E-state index contributed by atoms with van der Waals surface area (Å²) in [4.78, 5) is 32.3. The zero-order valence-corrected chi connectivity index (χ0v) is 20.8. The first-order valence-corrected chi connectivity index (χ1v) is 11.9. The van der Waals surface area contributed by atoms with Crippen LogP contribution in [0.1, 0.15) is 12.5 Å². The van der Waals surface area contributed by atoms with Crippen LogP contribution in [0.25, 0.3) is 17.5 Å². The zero-order chi connectivity index (χ0) is 25.6. The molecule has 0 radical (unpaired) electrons. The van der Waals surface area contributed by atoms with Crippen molar-refractivity contribution < 1.29 is 9.59 Å².